The van der Waals surface area contributed by atoms with Crippen LogP contribution in [0.3, 0.4) is 0 Å². The molecule has 1 amide bonds. The summed E-state index contributed by atoms with van der Waals surface area (Å²) in [5.41, 5.74) is 6.34. The van der Waals surface area contributed by atoms with Crippen LogP contribution in [0.1, 0.15) is 28.9 Å². The molecular weight excluding hydrogens is 388 g/mol. The first-order valence-electron chi connectivity index (χ1n) is 10.5. The molecule has 0 bridgehead atoms. The largest absolute Gasteiger partial charge is 0.497 e. The quantitative estimate of drug-likeness (QED) is 0.546. The molecule has 2 aromatic carbocycles. The SMILES string of the molecule is COc1ccc(N(Cc2ccc(N(C)C)cc2)C(=O)CCc2c(C)nn(C)c2C)cc1. The van der Waals surface area contributed by atoms with Gasteiger partial charge in [0.05, 0.1) is 19.3 Å². The smallest absolute Gasteiger partial charge is 0.227 e. The molecule has 0 radical (unpaired) electrons. The topological polar surface area (TPSA) is 50.6 Å². The van der Waals surface area contributed by atoms with Crippen LogP contribution in [-0.4, -0.2) is 36.9 Å². The summed E-state index contributed by atoms with van der Waals surface area (Å²) in [5, 5.41) is 4.47. The van der Waals surface area contributed by atoms with E-state index in [0.29, 0.717) is 19.4 Å². The molecule has 0 N–H and O–H groups in total. The molecule has 0 spiro atoms. The van der Waals surface area contributed by atoms with Gasteiger partial charge in [0.2, 0.25) is 5.91 Å². The maximum atomic E-state index is 13.3. The molecule has 0 aliphatic rings. The van der Waals surface area contributed by atoms with Crippen LogP contribution in [0, 0.1) is 13.8 Å². The molecular formula is C25H32N4O2. The molecule has 6 nitrogen and oxygen atoms in total. The molecule has 0 saturated carbocycles. The highest BCUT2D eigenvalue weighted by molar-refractivity contribution is 5.93. The predicted molar refractivity (Wildman–Crippen MR) is 126 cm³/mol. The molecule has 3 rings (SSSR count). The Morgan fingerprint density at radius 1 is 1.00 bits per heavy atom. The number of nitrogens with zero attached hydrogens (tertiary/aromatic N) is 4. The lowest BCUT2D eigenvalue weighted by molar-refractivity contribution is -0.118. The van der Waals surface area contributed by atoms with Crippen molar-refractivity contribution in [1.82, 2.24) is 9.78 Å². The maximum Gasteiger partial charge on any atom is 0.227 e. The van der Waals surface area contributed by atoms with Gasteiger partial charge in [0.25, 0.3) is 0 Å². The van der Waals surface area contributed by atoms with Crippen molar-refractivity contribution in [3.05, 3.63) is 71.0 Å². The standard InChI is InChI=1S/C25H32N4O2/c1-18-24(19(2)28(5)26-18)15-16-25(30)29(22-11-13-23(31-6)14-12-22)17-20-7-9-21(10-8-20)27(3)4/h7-14H,15-17H2,1-6H3. The highest BCUT2D eigenvalue weighted by Crippen LogP contribution is 2.24. The Labute approximate surface area is 185 Å². The Hall–Kier alpha value is -3.28. The fourth-order valence-corrected chi connectivity index (χ4v) is 3.71. The molecule has 0 unspecified atom stereocenters. The van der Waals surface area contributed by atoms with Gasteiger partial charge in [0.1, 0.15) is 5.75 Å². The lowest BCUT2D eigenvalue weighted by atomic mass is 10.1. The number of carbonyl (C=O) groups is 1. The third kappa shape index (κ3) is 5.26. The molecule has 0 aliphatic heterocycles. The molecule has 1 aromatic heterocycles. The normalized spacial score (nSPS) is 10.8. The lowest BCUT2D eigenvalue weighted by Gasteiger charge is -2.24. The Bertz CT molecular complexity index is 1020. The second-order valence-electron chi connectivity index (χ2n) is 8.01. The summed E-state index contributed by atoms with van der Waals surface area (Å²) in [6.07, 6.45) is 1.10. The summed E-state index contributed by atoms with van der Waals surface area (Å²) >= 11 is 0. The summed E-state index contributed by atoms with van der Waals surface area (Å²) in [4.78, 5) is 17.3. The minimum Gasteiger partial charge on any atom is -0.497 e. The van der Waals surface area contributed by atoms with Gasteiger partial charge < -0.3 is 14.5 Å². The minimum absolute atomic E-state index is 0.0875. The number of ether oxygens (including phenoxy) is 1. The van der Waals surface area contributed by atoms with Crippen LogP contribution in [0.2, 0.25) is 0 Å². The first kappa shape index (κ1) is 22.4. The molecule has 6 heteroatoms. The molecule has 164 valence electrons. The van der Waals surface area contributed by atoms with Crippen LogP contribution in [0.4, 0.5) is 11.4 Å². The third-order valence-corrected chi connectivity index (χ3v) is 5.73. The van der Waals surface area contributed by atoms with Crippen molar-refractivity contribution >= 4 is 17.3 Å². The van der Waals surface area contributed by atoms with Gasteiger partial charge in [0, 0.05) is 44.6 Å². The zero-order valence-corrected chi connectivity index (χ0v) is 19.3. The number of amides is 1. The highest BCUT2D eigenvalue weighted by Gasteiger charge is 2.19. The Kier molecular flexibility index (Phi) is 7.00. The van der Waals surface area contributed by atoms with Crippen LogP contribution in [-0.2, 0) is 24.8 Å². The van der Waals surface area contributed by atoms with Crippen molar-refractivity contribution < 1.29 is 9.53 Å². The summed E-state index contributed by atoms with van der Waals surface area (Å²) < 4.78 is 7.16. The van der Waals surface area contributed by atoms with Gasteiger partial charge in [-0.05, 0) is 67.8 Å². The average molecular weight is 421 g/mol. The number of aryl methyl sites for hydroxylation is 2. The number of hydrogen-bond donors (Lipinski definition) is 0. The lowest BCUT2D eigenvalue weighted by Crippen LogP contribution is -2.30. The van der Waals surface area contributed by atoms with Gasteiger partial charge in [0.15, 0.2) is 0 Å². The van der Waals surface area contributed by atoms with E-state index < -0.39 is 0 Å². The molecule has 0 atom stereocenters. The Balaban J connectivity index is 1.82. The second-order valence-corrected chi connectivity index (χ2v) is 8.01. The van der Waals surface area contributed by atoms with E-state index in [4.69, 9.17) is 4.74 Å². The van der Waals surface area contributed by atoms with Gasteiger partial charge in [-0.1, -0.05) is 12.1 Å². The van der Waals surface area contributed by atoms with Crippen molar-refractivity contribution in [2.24, 2.45) is 7.05 Å². The van der Waals surface area contributed by atoms with Crippen LogP contribution in [0.15, 0.2) is 48.5 Å². The first-order valence-corrected chi connectivity index (χ1v) is 10.5. The van der Waals surface area contributed by atoms with E-state index in [-0.39, 0.29) is 5.91 Å². The number of aromatic nitrogens is 2. The van der Waals surface area contributed by atoms with Gasteiger partial charge in [-0.25, -0.2) is 0 Å². The molecule has 3 aromatic rings. The van der Waals surface area contributed by atoms with E-state index in [1.807, 2.05) is 68.8 Å². The summed E-state index contributed by atoms with van der Waals surface area (Å²) in [6, 6.07) is 16.0. The van der Waals surface area contributed by atoms with Crippen molar-refractivity contribution in [3.63, 3.8) is 0 Å². The van der Waals surface area contributed by atoms with E-state index in [9.17, 15) is 4.79 Å². The zero-order chi connectivity index (χ0) is 22.5. The molecule has 1 heterocycles. The van der Waals surface area contributed by atoms with E-state index in [1.165, 1.54) is 0 Å². The van der Waals surface area contributed by atoms with Gasteiger partial charge in [-0.3, -0.25) is 9.48 Å². The molecule has 0 fully saturated rings. The van der Waals surface area contributed by atoms with Crippen molar-refractivity contribution in [1.29, 1.82) is 0 Å². The van der Waals surface area contributed by atoms with Crippen molar-refractivity contribution in [2.45, 2.75) is 33.2 Å². The highest BCUT2D eigenvalue weighted by atomic mass is 16.5. The maximum absolute atomic E-state index is 13.3. The van der Waals surface area contributed by atoms with E-state index in [2.05, 4.69) is 34.3 Å². The van der Waals surface area contributed by atoms with Crippen molar-refractivity contribution in [3.8, 4) is 5.75 Å². The van der Waals surface area contributed by atoms with Gasteiger partial charge in [-0.2, -0.15) is 5.10 Å². The third-order valence-electron chi connectivity index (χ3n) is 5.73. The number of benzene rings is 2. The van der Waals surface area contributed by atoms with Crippen LogP contribution < -0.4 is 14.5 Å². The number of hydrogen-bond acceptors (Lipinski definition) is 4. The predicted octanol–water partition coefficient (Wildman–Crippen LogP) is 4.28. The van der Waals surface area contributed by atoms with Gasteiger partial charge in [-0.15, -0.1) is 0 Å². The summed E-state index contributed by atoms with van der Waals surface area (Å²) in [7, 11) is 7.62. The fourth-order valence-electron chi connectivity index (χ4n) is 3.71. The Morgan fingerprint density at radius 3 is 2.13 bits per heavy atom. The Morgan fingerprint density at radius 2 is 1.61 bits per heavy atom. The fraction of sp³-hybridized carbons (Fsp3) is 0.360. The van der Waals surface area contributed by atoms with E-state index in [0.717, 1.165) is 39.6 Å². The zero-order valence-electron chi connectivity index (χ0n) is 19.3. The van der Waals surface area contributed by atoms with Gasteiger partial charge >= 0.3 is 0 Å². The van der Waals surface area contributed by atoms with Crippen LogP contribution >= 0.6 is 0 Å². The van der Waals surface area contributed by atoms with Crippen LogP contribution in [0.25, 0.3) is 0 Å². The second kappa shape index (κ2) is 9.69. The van der Waals surface area contributed by atoms with E-state index in [1.54, 1.807) is 7.11 Å². The number of carbonyl (C=O) groups excluding carboxylic acids is 1. The number of rotatable bonds is 8. The summed E-state index contributed by atoms with van der Waals surface area (Å²) in [5.74, 6) is 0.859. The summed E-state index contributed by atoms with van der Waals surface area (Å²) in [6.45, 7) is 4.57. The molecule has 0 aliphatic carbocycles. The number of methoxy groups -OCH3 is 1. The molecule has 31 heavy (non-hydrogen) atoms. The first-order chi connectivity index (χ1) is 14.8. The minimum atomic E-state index is 0.0875. The number of anilines is 2. The molecule has 0 saturated heterocycles. The van der Waals surface area contributed by atoms with Crippen molar-refractivity contribution in [2.75, 3.05) is 31.0 Å². The average Bonchev–Trinajstić information content (AvgIpc) is 3.01. The monoisotopic (exact) mass is 420 g/mol. The van der Waals surface area contributed by atoms with Crippen LogP contribution in [0.5, 0.6) is 5.75 Å². The van der Waals surface area contributed by atoms with E-state index >= 15 is 0 Å².